The molecule has 1 amide bonds. The van der Waals surface area contributed by atoms with Crippen molar-refractivity contribution in [1.29, 1.82) is 0 Å². The highest BCUT2D eigenvalue weighted by atomic mass is 16.2. The number of aromatic nitrogens is 1. The van der Waals surface area contributed by atoms with Crippen LogP contribution < -0.4 is 5.32 Å². The van der Waals surface area contributed by atoms with E-state index in [4.69, 9.17) is 0 Å². The van der Waals surface area contributed by atoms with Gasteiger partial charge in [0.1, 0.15) is 5.69 Å². The van der Waals surface area contributed by atoms with Gasteiger partial charge in [-0.25, -0.2) is 4.98 Å². The van der Waals surface area contributed by atoms with Gasteiger partial charge in [-0.3, -0.25) is 4.79 Å². The Bertz CT molecular complexity index is 611. The van der Waals surface area contributed by atoms with Crippen molar-refractivity contribution in [3.63, 3.8) is 0 Å². The summed E-state index contributed by atoms with van der Waals surface area (Å²) in [4.78, 5) is 18.8. The minimum absolute atomic E-state index is 0.0269. The number of nitrogens with one attached hydrogen (secondary N) is 1. The number of nitrogens with zero attached hydrogens (tertiary/aromatic N) is 2. The number of amides is 1. The summed E-state index contributed by atoms with van der Waals surface area (Å²) in [5.74, 6) is 0.0269. The molecule has 1 aliphatic heterocycles. The number of benzene rings is 1. The molecule has 0 spiro atoms. The van der Waals surface area contributed by atoms with Crippen LogP contribution in [-0.2, 0) is 0 Å². The molecule has 0 aliphatic carbocycles. The fourth-order valence-corrected chi connectivity index (χ4v) is 2.46. The molecule has 1 atom stereocenters. The lowest BCUT2D eigenvalue weighted by Gasteiger charge is -2.31. The van der Waals surface area contributed by atoms with E-state index in [2.05, 4.69) is 17.2 Å². The zero-order valence-electron chi connectivity index (χ0n) is 11.0. The van der Waals surface area contributed by atoms with Crippen molar-refractivity contribution >= 4 is 16.8 Å². The summed E-state index contributed by atoms with van der Waals surface area (Å²) in [5, 5.41) is 4.40. The summed E-state index contributed by atoms with van der Waals surface area (Å²) < 4.78 is 0. The molecule has 4 heteroatoms. The van der Waals surface area contributed by atoms with Crippen LogP contribution in [0.5, 0.6) is 0 Å². The van der Waals surface area contributed by atoms with E-state index in [0.717, 1.165) is 30.5 Å². The van der Waals surface area contributed by atoms with E-state index in [9.17, 15) is 4.79 Å². The highest BCUT2D eigenvalue weighted by molar-refractivity contribution is 5.95. The van der Waals surface area contributed by atoms with Gasteiger partial charge in [-0.2, -0.15) is 0 Å². The molecule has 98 valence electrons. The number of carbonyl (C=O) groups excluding carboxylic acids is 1. The highest BCUT2D eigenvalue weighted by Crippen LogP contribution is 2.13. The van der Waals surface area contributed by atoms with Crippen LogP contribution in [0.4, 0.5) is 0 Å². The van der Waals surface area contributed by atoms with Gasteiger partial charge in [0, 0.05) is 31.1 Å². The molecule has 2 aromatic rings. The van der Waals surface area contributed by atoms with E-state index in [0.29, 0.717) is 11.7 Å². The Labute approximate surface area is 112 Å². The Kier molecular flexibility index (Phi) is 3.17. The van der Waals surface area contributed by atoms with Crippen molar-refractivity contribution < 1.29 is 4.79 Å². The second-order valence-electron chi connectivity index (χ2n) is 5.00. The van der Waals surface area contributed by atoms with Crippen LogP contribution in [0.25, 0.3) is 10.9 Å². The van der Waals surface area contributed by atoms with Crippen molar-refractivity contribution in [2.75, 3.05) is 19.6 Å². The van der Waals surface area contributed by atoms with Gasteiger partial charge in [0.15, 0.2) is 0 Å². The third-order valence-corrected chi connectivity index (χ3v) is 3.47. The minimum atomic E-state index is 0.0269. The molecule has 0 radical (unpaired) electrons. The maximum absolute atomic E-state index is 12.4. The maximum Gasteiger partial charge on any atom is 0.272 e. The second-order valence-corrected chi connectivity index (χ2v) is 5.00. The molecular formula is C15H17N3O. The van der Waals surface area contributed by atoms with Crippen LogP contribution in [-0.4, -0.2) is 41.5 Å². The second kappa shape index (κ2) is 4.97. The first-order valence-corrected chi connectivity index (χ1v) is 6.62. The van der Waals surface area contributed by atoms with Gasteiger partial charge < -0.3 is 10.2 Å². The summed E-state index contributed by atoms with van der Waals surface area (Å²) in [7, 11) is 0. The van der Waals surface area contributed by atoms with E-state index in [1.807, 2.05) is 41.3 Å². The summed E-state index contributed by atoms with van der Waals surface area (Å²) in [6, 6.07) is 12.0. The molecule has 1 aliphatic rings. The Balaban J connectivity index is 1.88. The van der Waals surface area contributed by atoms with Crippen molar-refractivity contribution in [3.8, 4) is 0 Å². The van der Waals surface area contributed by atoms with Gasteiger partial charge in [0.25, 0.3) is 5.91 Å². The summed E-state index contributed by atoms with van der Waals surface area (Å²) in [5.41, 5.74) is 1.41. The number of fused-ring (bicyclic) bond motifs is 1. The Hall–Kier alpha value is -1.94. The molecule has 1 N–H and O–H groups in total. The van der Waals surface area contributed by atoms with Crippen LogP contribution in [0.3, 0.4) is 0 Å². The zero-order chi connectivity index (χ0) is 13.2. The molecular weight excluding hydrogens is 238 g/mol. The Morgan fingerprint density at radius 3 is 3.00 bits per heavy atom. The lowest BCUT2D eigenvalue weighted by molar-refractivity contribution is 0.0703. The number of hydrogen-bond donors (Lipinski definition) is 1. The molecule has 3 rings (SSSR count). The van der Waals surface area contributed by atoms with Crippen LogP contribution in [0.15, 0.2) is 36.4 Å². The SMILES string of the molecule is C[C@H]1CN(C(=O)c2ccc3ccccc3n2)CCN1. The summed E-state index contributed by atoms with van der Waals surface area (Å²) >= 11 is 0. The number of carbonyl (C=O) groups is 1. The molecule has 0 saturated carbocycles. The van der Waals surface area contributed by atoms with Gasteiger partial charge >= 0.3 is 0 Å². The maximum atomic E-state index is 12.4. The number of hydrogen-bond acceptors (Lipinski definition) is 3. The largest absolute Gasteiger partial charge is 0.334 e. The molecule has 4 nitrogen and oxygen atoms in total. The highest BCUT2D eigenvalue weighted by Gasteiger charge is 2.22. The number of rotatable bonds is 1. The van der Waals surface area contributed by atoms with Gasteiger partial charge in [0.05, 0.1) is 5.52 Å². The van der Waals surface area contributed by atoms with Gasteiger partial charge in [0.2, 0.25) is 0 Å². The average molecular weight is 255 g/mol. The van der Waals surface area contributed by atoms with Crippen molar-refractivity contribution in [1.82, 2.24) is 15.2 Å². The molecule has 0 bridgehead atoms. The first kappa shape index (κ1) is 12.1. The van der Waals surface area contributed by atoms with E-state index < -0.39 is 0 Å². The third kappa shape index (κ3) is 2.44. The first-order chi connectivity index (χ1) is 9.24. The Morgan fingerprint density at radius 2 is 2.16 bits per heavy atom. The predicted molar refractivity (Wildman–Crippen MR) is 75.1 cm³/mol. The van der Waals surface area contributed by atoms with E-state index in [1.54, 1.807) is 0 Å². The monoisotopic (exact) mass is 255 g/mol. The molecule has 1 fully saturated rings. The number of piperazine rings is 1. The first-order valence-electron chi connectivity index (χ1n) is 6.62. The van der Waals surface area contributed by atoms with Gasteiger partial charge in [-0.1, -0.05) is 24.3 Å². The quantitative estimate of drug-likeness (QED) is 0.843. The van der Waals surface area contributed by atoms with E-state index >= 15 is 0 Å². The molecule has 1 aromatic heterocycles. The van der Waals surface area contributed by atoms with Crippen molar-refractivity contribution in [2.45, 2.75) is 13.0 Å². The van der Waals surface area contributed by atoms with Crippen molar-refractivity contribution in [3.05, 3.63) is 42.1 Å². The normalized spacial score (nSPS) is 19.6. The number of para-hydroxylation sites is 1. The topological polar surface area (TPSA) is 45.2 Å². The number of pyridine rings is 1. The van der Waals surface area contributed by atoms with Crippen LogP contribution in [0.1, 0.15) is 17.4 Å². The van der Waals surface area contributed by atoms with Crippen LogP contribution >= 0.6 is 0 Å². The smallest absolute Gasteiger partial charge is 0.272 e. The fourth-order valence-electron chi connectivity index (χ4n) is 2.46. The summed E-state index contributed by atoms with van der Waals surface area (Å²) in [6.45, 7) is 4.43. The molecule has 2 heterocycles. The summed E-state index contributed by atoms with van der Waals surface area (Å²) in [6.07, 6.45) is 0. The van der Waals surface area contributed by atoms with Gasteiger partial charge in [-0.15, -0.1) is 0 Å². The third-order valence-electron chi connectivity index (χ3n) is 3.47. The average Bonchev–Trinajstić information content (AvgIpc) is 2.46. The zero-order valence-corrected chi connectivity index (χ0v) is 11.0. The van der Waals surface area contributed by atoms with Crippen molar-refractivity contribution in [2.24, 2.45) is 0 Å². The van der Waals surface area contributed by atoms with Crippen LogP contribution in [0, 0.1) is 0 Å². The fraction of sp³-hybridized carbons (Fsp3) is 0.333. The molecule has 0 unspecified atom stereocenters. The Morgan fingerprint density at radius 1 is 1.32 bits per heavy atom. The predicted octanol–water partition coefficient (Wildman–Crippen LogP) is 1.67. The van der Waals surface area contributed by atoms with E-state index in [-0.39, 0.29) is 5.91 Å². The lowest BCUT2D eigenvalue weighted by Crippen LogP contribution is -2.51. The molecule has 1 aromatic carbocycles. The minimum Gasteiger partial charge on any atom is -0.334 e. The van der Waals surface area contributed by atoms with Gasteiger partial charge in [-0.05, 0) is 19.1 Å². The van der Waals surface area contributed by atoms with E-state index in [1.165, 1.54) is 0 Å². The molecule has 1 saturated heterocycles. The standard InChI is InChI=1S/C15H17N3O/c1-11-10-18(9-8-16-11)15(19)14-7-6-12-4-2-3-5-13(12)17-14/h2-7,11,16H,8-10H2,1H3/t11-/m0/s1. The lowest BCUT2D eigenvalue weighted by atomic mass is 10.1. The van der Waals surface area contributed by atoms with Crippen LogP contribution in [0.2, 0.25) is 0 Å². The molecule has 19 heavy (non-hydrogen) atoms.